The van der Waals surface area contributed by atoms with E-state index in [-0.39, 0.29) is 11.7 Å². The highest BCUT2D eigenvalue weighted by molar-refractivity contribution is 5.68. The van der Waals surface area contributed by atoms with Gasteiger partial charge in [0.2, 0.25) is 0 Å². The molecule has 1 fully saturated rings. The normalized spacial score (nSPS) is 18.2. The minimum absolute atomic E-state index is 0.160. The van der Waals surface area contributed by atoms with E-state index >= 15 is 0 Å². The number of piperidine rings is 1. The second kappa shape index (κ2) is 7.87. The molecule has 2 aliphatic rings. The van der Waals surface area contributed by atoms with Gasteiger partial charge < -0.3 is 15.0 Å². The lowest BCUT2D eigenvalue weighted by atomic mass is 10.1. The molecule has 2 aliphatic heterocycles. The summed E-state index contributed by atoms with van der Waals surface area (Å²) in [6.07, 6.45) is 11.3. The number of ether oxygens (including phenoxy) is 1. The summed E-state index contributed by atoms with van der Waals surface area (Å²) in [6.45, 7) is 8.39. The third-order valence-electron chi connectivity index (χ3n) is 2.70. The number of nitrogens with one attached hydrogen (secondary N) is 1. The highest BCUT2D eigenvalue weighted by atomic mass is 16.6. The highest BCUT2D eigenvalue weighted by Gasteiger charge is 2.22. The van der Waals surface area contributed by atoms with E-state index in [1.54, 1.807) is 4.90 Å². The van der Waals surface area contributed by atoms with Crippen molar-refractivity contribution < 1.29 is 9.53 Å². The molecular formula is C15H26N2O2. The zero-order chi connectivity index (χ0) is 14.1. The summed E-state index contributed by atoms with van der Waals surface area (Å²) in [4.78, 5) is 13.3. The van der Waals surface area contributed by atoms with Gasteiger partial charge in [-0.25, -0.2) is 4.79 Å². The molecule has 0 radical (unpaired) electrons. The molecule has 0 aromatic carbocycles. The number of nitrogens with zero attached hydrogens (tertiary/aromatic N) is 1. The molecule has 1 saturated heterocycles. The molecule has 1 amide bonds. The predicted molar refractivity (Wildman–Crippen MR) is 77.9 cm³/mol. The third kappa shape index (κ3) is 7.54. The van der Waals surface area contributed by atoms with Crippen molar-refractivity contribution in [2.24, 2.45) is 0 Å². The van der Waals surface area contributed by atoms with Crippen LogP contribution in [0, 0.1) is 0 Å². The molecule has 1 N–H and O–H groups in total. The van der Waals surface area contributed by atoms with Crippen LogP contribution in [0.25, 0.3) is 0 Å². The molecule has 0 spiro atoms. The molecule has 0 aliphatic carbocycles. The van der Waals surface area contributed by atoms with Crippen molar-refractivity contribution in [2.45, 2.75) is 45.6 Å². The zero-order valence-corrected chi connectivity index (χ0v) is 12.3. The smallest absolute Gasteiger partial charge is 0.410 e. The Morgan fingerprint density at radius 1 is 1.16 bits per heavy atom. The van der Waals surface area contributed by atoms with Gasteiger partial charge in [0.05, 0.1) is 0 Å². The average molecular weight is 266 g/mol. The quantitative estimate of drug-likeness (QED) is 0.732. The second-order valence-corrected chi connectivity index (χ2v) is 5.72. The number of rotatable bonds is 0. The van der Waals surface area contributed by atoms with Crippen molar-refractivity contribution in [2.75, 3.05) is 19.6 Å². The fourth-order valence-electron chi connectivity index (χ4n) is 1.81. The fraction of sp³-hybridized carbons (Fsp3) is 0.667. The van der Waals surface area contributed by atoms with Crippen molar-refractivity contribution in [3.8, 4) is 0 Å². The molecule has 0 bridgehead atoms. The van der Waals surface area contributed by atoms with E-state index in [0.717, 1.165) is 32.5 Å². The van der Waals surface area contributed by atoms with Crippen LogP contribution in [0.4, 0.5) is 4.79 Å². The van der Waals surface area contributed by atoms with Crippen LogP contribution in [0.3, 0.4) is 0 Å². The number of carbonyl (C=O) groups is 1. The Bertz CT molecular complexity index is 312. The maximum atomic E-state index is 11.5. The standard InChI is InChI=1S/C10H19NO2.C5H7N/c1-10(2,3)13-9(12)11-7-5-4-6-8-11;1-2-4-6-5-3-1/h4-8H2,1-3H3;1-4,6H,5H2. The van der Waals surface area contributed by atoms with Gasteiger partial charge >= 0.3 is 6.09 Å². The Morgan fingerprint density at radius 2 is 1.84 bits per heavy atom. The molecule has 108 valence electrons. The van der Waals surface area contributed by atoms with E-state index in [4.69, 9.17) is 4.74 Å². The van der Waals surface area contributed by atoms with Gasteiger partial charge in [0.1, 0.15) is 5.60 Å². The molecule has 0 aromatic rings. The first-order chi connectivity index (χ1) is 8.99. The van der Waals surface area contributed by atoms with E-state index in [2.05, 4.69) is 11.4 Å². The van der Waals surface area contributed by atoms with Crippen molar-refractivity contribution in [3.63, 3.8) is 0 Å². The van der Waals surface area contributed by atoms with Gasteiger partial charge in [0.25, 0.3) is 0 Å². The molecule has 4 heteroatoms. The maximum absolute atomic E-state index is 11.5. The van der Waals surface area contributed by atoms with Gasteiger partial charge in [-0.3, -0.25) is 0 Å². The third-order valence-corrected chi connectivity index (χ3v) is 2.70. The molecule has 2 heterocycles. The van der Waals surface area contributed by atoms with Crippen LogP contribution < -0.4 is 5.32 Å². The number of allylic oxidation sites excluding steroid dienone is 2. The van der Waals surface area contributed by atoms with Crippen LogP contribution in [-0.4, -0.2) is 36.2 Å². The summed E-state index contributed by atoms with van der Waals surface area (Å²) in [7, 11) is 0. The lowest BCUT2D eigenvalue weighted by Gasteiger charge is -2.29. The predicted octanol–water partition coefficient (Wildman–Crippen LogP) is 3.07. The van der Waals surface area contributed by atoms with Crippen molar-refractivity contribution >= 4 is 6.09 Å². The topological polar surface area (TPSA) is 41.6 Å². The number of dihydropyridines is 1. The Labute approximate surface area is 116 Å². The van der Waals surface area contributed by atoms with Gasteiger partial charge in [0, 0.05) is 19.6 Å². The van der Waals surface area contributed by atoms with Crippen LogP contribution >= 0.6 is 0 Å². The number of carbonyl (C=O) groups excluding carboxylic acids is 1. The van der Waals surface area contributed by atoms with Crippen molar-refractivity contribution in [1.82, 2.24) is 10.2 Å². The number of amides is 1. The van der Waals surface area contributed by atoms with Gasteiger partial charge in [0.15, 0.2) is 0 Å². The summed E-state index contributed by atoms with van der Waals surface area (Å²) in [6, 6.07) is 0. The van der Waals surface area contributed by atoms with E-state index in [0.29, 0.717) is 0 Å². The SMILES string of the molecule is C1=CCNC=C1.CC(C)(C)OC(=O)N1CCCCC1. The van der Waals surface area contributed by atoms with Gasteiger partial charge in [-0.15, -0.1) is 0 Å². The molecular weight excluding hydrogens is 240 g/mol. The fourth-order valence-corrected chi connectivity index (χ4v) is 1.81. The monoisotopic (exact) mass is 266 g/mol. The lowest BCUT2D eigenvalue weighted by Crippen LogP contribution is -2.39. The first-order valence-electron chi connectivity index (χ1n) is 7.02. The minimum atomic E-state index is -0.367. The van der Waals surface area contributed by atoms with E-state index in [1.807, 2.05) is 39.1 Å². The largest absolute Gasteiger partial charge is 0.444 e. The summed E-state index contributed by atoms with van der Waals surface area (Å²) in [5.41, 5.74) is -0.367. The van der Waals surface area contributed by atoms with Crippen LogP contribution in [0.2, 0.25) is 0 Å². The lowest BCUT2D eigenvalue weighted by molar-refractivity contribution is 0.0216. The molecule has 0 atom stereocenters. The molecule has 0 aromatic heterocycles. The van der Waals surface area contributed by atoms with E-state index in [9.17, 15) is 4.79 Å². The maximum Gasteiger partial charge on any atom is 0.410 e. The van der Waals surface area contributed by atoms with Crippen LogP contribution in [0.5, 0.6) is 0 Å². The van der Waals surface area contributed by atoms with E-state index in [1.165, 1.54) is 6.42 Å². The Hall–Kier alpha value is -1.45. The summed E-state index contributed by atoms with van der Waals surface area (Å²) in [5, 5.41) is 3.02. The average Bonchev–Trinajstić information content (AvgIpc) is 2.40. The number of likely N-dealkylation sites (tertiary alicyclic amines) is 1. The molecule has 2 rings (SSSR count). The second-order valence-electron chi connectivity index (χ2n) is 5.72. The van der Waals surface area contributed by atoms with Crippen LogP contribution in [0.1, 0.15) is 40.0 Å². The molecule has 19 heavy (non-hydrogen) atoms. The summed E-state index contributed by atoms with van der Waals surface area (Å²) < 4.78 is 5.26. The molecule has 0 unspecified atom stereocenters. The Balaban J connectivity index is 0.000000250. The summed E-state index contributed by atoms with van der Waals surface area (Å²) in [5.74, 6) is 0. The van der Waals surface area contributed by atoms with Gasteiger partial charge in [-0.2, -0.15) is 0 Å². The Morgan fingerprint density at radius 3 is 2.21 bits per heavy atom. The first-order valence-corrected chi connectivity index (χ1v) is 7.02. The van der Waals surface area contributed by atoms with Crippen LogP contribution in [0.15, 0.2) is 24.4 Å². The van der Waals surface area contributed by atoms with E-state index < -0.39 is 0 Å². The Kier molecular flexibility index (Phi) is 6.46. The summed E-state index contributed by atoms with van der Waals surface area (Å²) >= 11 is 0. The first kappa shape index (κ1) is 15.6. The van der Waals surface area contributed by atoms with Crippen molar-refractivity contribution in [1.29, 1.82) is 0 Å². The number of hydrogen-bond donors (Lipinski definition) is 1. The van der Waals surface area contributed by atoms with Crippen molar-refractivity contribution in [3.05, 3.63) is 24.4 Å². The van der Waals surface area contributed by atoms with Crippen LogP contribution in [-0.2, 0) is 4.74 Å². The molecule has 0 saturated carbocycles. The van der Waals surface area contributed by atoms with Gasteiger partial charge in [-0.05, 0) is 52.3 Å². The minimum Gasteiger partial charge on any atom is -0.444 e. The number of hydrogen-bond acceptors (Lipinski definition) is 3. The molecule has 4 nitrogen and oxygen atoms in total. The van der Waals surface area contributed by atoms with Gasteiger partial charge in [-0.1, -0.05) is 12.2 Å². The zero-order valence-electron chi connectivity index (χ0n) is 12.3. The highest BCUT2D eigenvalue weighted by Crippen LogP contribution is 2.14.